The number of hydrogen-bond donors (Lipinski definition) is 2. The SMILES string of the molecule is Cc1ccc(N)c(Nc2ccc(CC(C)C)cc2)c1. The Hall–Kier alpha value is -1.96. The molecule has 0 bridgehead atoms. The molecule has 0 heterocycles. The van der Waals surface area contributed by atoms with Gasteiger partial charge < -0.3 is 11.1 Å². The highest BCUT2D eigenvalue weighted by atomic mass is 14.9. The van der Waals surface area contributed by atoms with Crippen molar-refractivity contribution in [3.8, 4) is 0 Å². The van der Waals surface area contributed by atoms with Gasteiger partial charge in [0.05, 0.1) is 11.4 Å². The van der Waals surface area contributed by atoms with Gasteiger partial charge in [-0.3, -0.25) is 0 Å². The third kappa shape index (κ3) is 3.75. The van der Waals surface area contributed by atoms with Crippen molar-refractivity contribution in [3.05, 3.63) is 53.6 Å². The zero-order valence-electron chi connectivity index (χ0n) is 11.9. The molecule has 0 amide bonds. The van der Waals surface area contributed by atoms with E-state index in [2.05, 4.69) is 56.4 Å². The Morgan fingerprint density at radius 2 is 1.74 bits per heavy atom. The molecule has 0 unspecified atom stereocenters. The summed E-state index contributed by atoms with van der Waals surface area (Å²) < 4.78 is 0. The maximum atomic E-state index is 5.97. The number of aryl methyl sites for hydroxylation is 1. The van der Waals surface area contributed by atoms with Crippen LogP contribution >= 0.6 is 0 Å². The monoisotopic (exact) mass is 254 g/mol. The molecule has 0 saturated heterocycles. The predicted molar refractivity (Wildman–Crippen MR) is 83.9 cm³/mol. The molecule has 0 fully saturated rings. The Kier molecular flexibility index (Phi) is 4.10. The van der Waals surface area contributed by atoms with E-state index in [4.69, 9.17) is 5.73 Å². The first-order valence-corrected chi connectivity index (χ1v) is 6.76. The summed E-state index contributed by atoms with van der Waals surface area (Å²) in [7, 11) is 0. The summed E-state index contributed by atoms with van der Waals surface area (Å²) in [4.78, 5) is 0. The average Bonchev–Trinajstić information content (AvgIpc) is 2.35. The normalized spacial score (nSPS) is 10.7. The molecule has 0 atom stereocenters. The van der Waals surface area contributed by atoms with Crippen molar-refractivity contribution in [2.75, 3.05) is 11.1 Å². The minimum Gasteiger partial charge on any atom is -0.397 e. The average molecular weight is 254 g/mol. The maximum Gasteiger partial charge on any atom is 0.0620 e. The van der Waals surface area contributed by atoms with Crippen molar-refractivity contribution in [3.63, 3.8) is 0 Å². The number of nitrogen functional groups attached to an aromatic ring is 1. The van der Waals surface area contributed by atoms with Crippen LogP contribution in [0.3, 0.4) is 0 Å². The number of nitrogens with one attached hydrogen (secondary N) is 1. The van der Waals surface area contributed by atoms with E-state index in [0.717, 1.165) is 23.5 Å². The van der Waals surface area contributed by atoms with Crippen molar-refractivity contribution in [1.82, 2.24) is 0 Å². The lowest BCUT2D eigenvalue weighted by atomic mass is 10.0. The Labute approximate surface area is 115 Å². The van der Waals surface area contributed by atoms with Gasteiger partial charge in [-0.15, -0.1) is 0 Å². The van der Waals surface area contributed by atoms with Crippen LogP contribution in [0.25, 0.3) is 0 Å². The molecule has 2 aromatic carbocycles. The second-order valence-electron chi connectivity index (χ2n) is 5.51. The lowest BCUT2D eigenvalue weighted by molar-refractivity contribution is 0.647. The van der Waals surface area contributed by atoms with Crippen molar-refractivity contribution < 1.29 is 0 Å². The van der Waals surface area contributed by atoms with E-state index >= 15 is 0 Å². The van der Waals surface area contributed by atoms with E-state index in [1.54, 1.807) is 0 Å². The molecule has 0 aliphatic heterocycles. The zero-order chi connectivity index (χ0) is 13.8. The second-order valence-corrected chi connectivity index (χ2v) is 5.51. The van der Waals surface area contributed by atoms with E-state index in [1.807, 2.05) is 12.1 Å². The minimum absolute atomic E-state index is 0.686. The largest absolute Gasteiger partial charge is 0.397 e. The molecule has 0 aromatic heterocycles. The van der Waals surface area contributed by atoms with E-state index in [0.29, 0.717) is 5.92 Å². The van der Waals surface area contributed by atoms with Crippen LogP contribution in [0.15, 0.2) is 42.5 Å². The summed E-state index contributed by atoms with van der Waals surface area (Å²) in [6.45, 7) is 6.54. The fourth-order valence-electron chi connectivity index (χ4n) is 2.13. The summed E-state index contributed by atoms with van der Waals surface area (Å²) in [5.41, 5.74) is 11.4. The van der Waals surface area contributed by atoms with Crippen LogP contribution in [-0.4, -0.2) is 0 Å². The standard InChI is InChI=1S/C17H22N2/c1-12(2)10-14-5-7-15(8-6-14)19-17-11-13(3)4-9-16(17)18/h4-9,11-12,19H,10,18H2,1-3H3. The molecule has 0 spiro atoms. The fourth-order valence-corrected chi connectivity index (χ4v) is 2.13. The lowest BCUT2D eigenvalue weighted by Gasteiger charge is -2.11. The molecule has 2 heteroatoms. The second kappa shape index (κ2) is 5.79. The van der Waals surface area contributed by atoms with E-state index in [9.17, 15) is 0 Å². The highest BCUT2D eigenvalue weighted by molar-refractivity contribution is 5.73. The molecule has 0 aliphatic carbocycles. The van der Waals surface area contributed by atoms with Crippen LogP contribution in [0.5, 0.6) is 0 Å². The lowest BCUT2D eigenvalue weighted by Crippen LogP contribution is -1.98. The molecule has 0 radical (unpaired) electrons. The van der Waals surface area contributed by atoms with Gasteiger partial charge in [0, 0.05) is 5.69 Å². The first kappa shape index (κ1) is 13.5. The molecule has 3 N–H and O–H groups in total. The zero-order valence-corrected chi connectivity index (χ0v) is 11.9. The van der Waals surface area contributed by atoms with Gasteiger partial charge in [0.25, 0.3) is 0 Å². The molecule has 2 nitrogen and oxygen atoms in total. The molecule has 0 aliphatic rings. The third-order valence-electron chi connectivity index (χ3n) is 3.09. The van der Waals surface area contributed by atoms with Crippen LogP contribution in [0, 0.1) is 12.8 Å². The van der Waals surface area contributed by atoms with E-state index in [-0.39, 0.29) is 0 Å². The molecule has 2 aromatic rings. The minimum atomic E-state index is 0.686. The number of nitrogens with two attached hydrogens (primary N) is 1. The topological polar surface area (TPSA) is 38.0 Å². The Morgan fingerprint density at radius 3 is 2.37 bits per heavy atom. The first-order chi connectivity index (χ1) is 9.04. The number of hydrogen-bond acceptors (Lipinski definition) is 2. The number of benzene rings is 2. The highest BCUT2D eigenvalue weighted by Crippen LogP contribution is 2.24. The van der Waals surface area contributed by atoms with Crippen LogP contribution in [0.4, 0.5) is 17.1 Å². The van der Waals surface area contributed by atoms with Gasteiger partial charge in [-0.05, 0) is 54.7 Å². The molecular weight excluding hydrogens is 232 g/mol. The van der Waals surface area contributed by atoms with Crippen LogP contribution in [0.1, 0.15) is 25.0 Å². The van der Waals surface area contributed by atoms with Crippen LogP contribution < -0.4 is 11.1 Å². The summed E-state index contributed by atoms with van der Waals surface area (Å²) in [5, 5.41) is 3.37. The Bertz CT molecular complexity index is 542. The fraction of sp³-hybridized carbons (Fsp3) is 0.294. The Morgan fingerprint density at radius 1 is 1.05 bits per heavy atom. The smallest absolute Gasteiger partial charge is 0.0620 e. The first-order valence-electron chi connectivity index (χ1n) is 6.76. The van der Waals surface area contributed by atoms with Crippen molar-refractivity contribution in [1.29, 1.82) is 0 Å². The van der Waals surface area contributed by atoms with E-state index in [1.165, 1.54) is 11.1 Å². The molecule has 0 saturated carbocycles. The highest BCUT2D eigenvalue weighted by Gasteiger charge is 2.01. The van der Waals surface area contributed by atoms with Gasteiger partial charge in [0.1, 0.15) is 0 Å². The third-order valence-corrected chi connectivity index (χ3v) is 3.09. The Balaban J connectivity index is 2.13. The number of rotatable bonds is 4. The van der Waals surface area contributed by atoms with E-state index < -0.39 is 0 Å². The van der Waals surface area contributed by atoms with Crippen molar-refractivity contribution in [2.24, 2.45) is 5.92 Å². The van der Waals surface area contributed by atoms with Gasteiger partial charge in [-0.1, -0.05) is 32.0 Å². The summed E-state index contributed by atoms with van der Waals surface area (Å²) in [6.07, 6.45) is 1.12. The number of anilines is 3. The summed E-state index contributed by atoms with van der Waals surface area (Å²) >= 11 is 0. The molecular formula is C17H22N2. The molecule has 100 valence electrons. The van der Waals surface area contributed by atoms with Crippen LogP contribution in [0.2, 0.25) is 0 Å². The van der Waals surface area contributed by atoms with Gasteiger partial charge in [-0.25, -0.2) is 0 Å². The maximum absolute atomic E-state index is 5.97. The molecule has 2 rings (SSSR count). The summed E-state index contributed by atoms with van der Waals surface area (Å²) in [5.74, 6) is 0.686. The molecule has 19 heavy (non-hydrogen) atoms. The summed E-state index contributed by atoms with van der Waals surface area (Å²) in [6, 6.07) is 14.6. The predicted octanol–water partition coefficient (Wildman–Crippen LogP) is 4.52. The van der Waals surface area contributed by atoms with Gasteiger partial charge >= 0.3 is 0 Å². The van der Waals surface area contributed by atoms with Gasteiger partial charge in [0.15, 0.2) is 0 Å². The van der Waals surface area contributed by atoms with Crippen molar-refractivity contribution in [2.45, 2.75) is 27.2 Å². The van der Waals surface area contributed by atoms with Crippen molar-refractivity contribution >= 4 is 17.1 Å². The van der Waals surface area contributed by atoms with Gasteiger partial charge in [0.2, 0.25) is 0 Å². The van der Waals surface area contributed by atoms with Gasteiger partial charge in [-0.2, -0.15) is 0 Å². The van der Waals surface area contributed by atoms with Crippen LogP contribution in [-0.2, 0) is 6.42 Å². The quantitative estimate of drug-likeness (QED) is 0.787.